The maximum Gasteiger partial charge on any atom is 0.315 e. The summed E-state index contributed by atoms with van der Waals surface area (Å²) in [6, 6.07) is 4.28. The summed E-state index contributed by atoms with van der Waals surface area (Å²) >= 11 is 0. The highest BCUT2D eigenvalue weighted by Gasteiger charge is 2.30. The fourth-order valence-electron chi connectivity index (χ4n) is 2.62. The van der Waals surface area contributed by atoms with Crippen molar-refractivity contribution in [1.29, 1.82) is 0 Å². The Morgan fingerprint density at radius 1 is 1.28 bits per heavy atom. The van der Waals surface area contributed by atoms with E-state index < -0.39 is 33.9 Å². The highest BCUT2D eigenvalue weighted by Crippen LogP contribution is 2.16. The molecule has 3 amide bonds. The van der Waals surface area contributed by atoms with E-state index >= 15 is 0 Å². The number of carbonyl (C=O) groups excluding carboxylic acids is 2. The quantitative estimate of drug-likeness (QED) is 0.612. The molecule has 1 aromatic rings. The number of hydrogen-bond acceptors (Lipinski definition) is 5. The van der Waals surface area contributed by atoms with E-state index in [0.29, 0.717) is 12.1 Å². The average Bonchev–Trinajstić information content (AvgIpc) is 2.83. The Labute approximate surface area is 146 Å². The monoisotopic (exact) mass is 369 g/mol. The van der Waals surface area contributed by atoms with Gasteiger partial charge < -0.3 is 21.1 Å². The molecule has 0 bridgehead atoms. The van der Waals surface area contributed by atoms with Gasteiger partial charge in [-0.1, -0.05) is 19.9 Å². The standard InChI is InChI=1S/C16H23N3O5S/c1-10(2)14(15(21)17-11-4-3-5-13(20)8-11)19-16(22)18-12-6-7-25(23,24)9-12/h3-5,8,10,12,14,20H,6-7,9H2,1-2H3,(H,17,21)(H2,18,19,22)/t12-,14+/m1/s1. The molecule has 1 heterocycles. The minimum absolute atomic E-state index is 0.0204. The fourth-order valence-corrected chi connectivity index (χ4v) is 4.29. The number of phenols is 1. The van der Waals surface area contributed by atoms with Gasteiger partial charge in [-0.3, -0.25) is 4.79 Å². The SMILES string of the molecule is CC(C)[C@H](NC(=O)N[C@@H]1CCS(=O)(=O)C1)C(=O)Nc1cccc(O)c1. The van der Waals surface area contributed by atoms with Gasteiger partial charge in [0.1, 0.15) is 11.8 Å². The first kappa shape index (κ1) is 19.0. The van der Waals surface area contributed by atoms with Crippen molar-refractivity contribution in [2.75, 3.05) is 16.8 Å². The van der Waals surface area contributed by atoms with E-state index in [0.717, 1.165) is 0 Å². The number of carbonyl (C=O) groups is 2. The molecule has 0 saturated carbocycles. The van der Waals surface area contributed by atoms with Gasteiger partial charge in [0.25, 0.3) is 0 Å². The van der Waals surface area contributed by atoms with Crippen molar-refractivity contribution in [3.8, 4) is 5.75 Å². The molecule has 1 fully saturated rings. The summed E-state index contributed by atoms with van der Waals surface area (Å²) < 4.78 is 22.9. The second-order valence-electron chi connectivity index (χ2n) is 6.48. The normalized spacial score (nSPS) is 20.0. The Bertz CT molecular complexity index is 748. The van der Waals surface area contributed by atoms with Crippen molar-refractivity contribution >= 4 is 27.5 Å². The summed E-state index contributed by atoms with van der Waals surface area (Å²) in [7, 11) is -3.09. The second kappa shape index (κ2) is 7.73. The van der Waals surface area contributed by atoms with Crippen LogP contribution in [0.25, 0.3) is 0 Å². The number of rotatable bonds is 5. The van der Waals surface area contributed by atoms with Gasteiger partial charge in [0.05, 0.1) is 11.5 Å². The summed E-state index contributed by atoms with van der Waals surface area (Å²) in [5, 5.41) is 17.3. The van der Waals surface area contributed by atoms with Crippen molar-refractivity contribution in [3.05, 3.63) is 24.3 Å². The van der Waals surface area contributed by atoms with E-state index in [1.54, 1.807) is 26.0 Å². The first-order valence-electron chi connectivity index (χ1n) is 8.03. The molecule has 0 aromatic heterocycles. The Morgan fingerprint density at radius 2 is 2.00 bits per heavy atom. The van der Waals surface area contributed by atoms with Crippen LogP contribution in [0.1, 0.15) is 20.3 Å². The van der Waals surface area contributed by atoms with Gasteiger partial charge in [0, 0.05) is 17.8 Å². The largest absolute Gasteiger partial charge is 0.508 e. The third kappa shape index (κ3) is 5.63. The lowest BCUT2D eigenvalue weighted by atomic mass is 10.0. The molecule has 2 rings (SSSR count). The Hall–Kier alpha value is -2.29. The Kier molecular flexibility index (Phi) is 5.89. The third-order valence-corrected chi connectivity index (χ3v) is 5.69. The number of amides is 3. The van der Waals surface area contributed by atoms with Crippen LogP contribution in [0, 0.1) is 5.92 Å². The molecule has 1 aliphatic heterocycles. The summed E-state index contributed by atoms with van der Waals surface area (Å²) in [6.45, 7) is 3.57. The summed E-state index contributed by atoms with van der Waals surface area (Å²) in [5.74, 6) is -0.608. The van der Waals surface area contributed by atoms with Gasteiger partial charge in [-0.25, -0.2) is 13.2 Å². The van der Waals surface area contributed by atoms with Crippen LogP contribution in [0.2, 0.25) is 0 Å². The maximum absolute atomic E-state index is 12.4. The maximum atomic E-state index is 12.4. The zero-order valence-corrected chi connectivity index (χ0v) is 15.0. The Balaban J connectivity index is 1.95. The molecule has 0 radical (unpaired) electrons. The number of hydrogen-bond donors (Lipinski definition) is 4. The summed E-state index contributed by atoms with van der Waals surface area (Å²) in [4.78, 5) is 24.5. The number of anilines is 1. The smallest absolute Gasteiger partial charge is 0.315 e. The van der Waals surface area contributed by atoms with Crippen LogP contribution in [0.3, 0.4) is 0 Å². The molecule has 8 nitrogen and oxygen atoms in total. The molecule has 1 saturated heterocycles. The molecule has 25 heavy (non-hydrogen) atoms. The molecule has 0 unspecified atom stereocenters. The number of phenolic OH excluding ortho intramolecular Hbond substituents is 1. The molecule has 0 aliphatic carbocycles. The molecular formula is C16H23N3O5S. The lowest BCUT2D eigenvalue weighted by Crippen LogP contribution is -2.52. The topological polar surface area (TPSA) is 125 Å². The Morgan fingerprint density at radius 3 is 2.56 bits per heavy atom. The molecule has 1 aromatic carbocycles. The fraction of sp³-hybridized carbons (Fsp3) is 0.500. The highest BCUT2D eigenvalue weighted by molar-refractivity contribution is 7.91. The zero-order chi connectivity index (χ0) is 18.6. The van der Waals surface area contributed by atoms with Gasteiger partial charge in [0.2, 0.25) is 5.91 Å². The lowest BCUT2D eigenvalue weighted by molar-refractivity contribution is -0.118. The van der Waals surface area contributed by atoms with Crippen LogP contribution in [-0.4, -0.2) is 49.1 Å². The van der Waals surface area contributed by atoms with Crippen LogP contribution in [0.5, 0.6) is 5.75 Å². The van der Waals surface area contributed by atoms with Gasteiger partial charge >= 0.3 is 6.03 Å². The van der Waals surface area contributed by atoms with Crippen molar-refractivity contribution in [2.24, 2.45) is 5.92 Å². The van der Waals surface area contributed by atoms with Crippen molar-refractivity contribution in [2.45, 2.75) is 32.4 Å². The minimum Gasteiger partial charge on any atom is -0.508 e. The van der Waals surface area contributed by atoms with Gasteiger partial charge in [-0.15, -0.1) is 0 Å². The van der Waals surface area contributed by atoms with E-state index in [2.05, 4.69) is 16.0 Å². The average molecular weight is 369 g/mol. The van der Waals surface area contributed by atoms with Crippen LogP contribution < -0.4 is 16.0 Å². The van der Waals surface area contributed by atoms with E-state index in [-0.39, 0.29) is 23.2 Å². The van der Waals surface area contributed by atoms with Crippen LogP contribution in [-0.2, 0) is 14.6 Å². The van der Waals surface area contributed by atoms with E-state index in [1.807, 2.05) is 0 Å². The van der Waals surface area contributed by atoms with E-state index in [4.69, 9.17) is 0 Å². The molecule has 0 spiro atoms. The zero-order valence-electron chi connectivity index (χ0n) is 14.2. The molecular weight excluding hydrogens is 346 g/mol. The number of urea groups is 1. The van der Waals surface area contributed by atoms with Gasteiger partial charge in [-0.2, -0.15) is 0 Å². The molecule has 4 N–H and O–H groups in total. The van der Waals surface area contributed by atoms with E-state index in [1.165, 1.54) is 12.1 Å². The van der Waals surface area contributed by atoms with Crippen LogP contribution in [0.15, 0.2) is 24.3 Å². The molecule has 1 aliphatic rings. The third-order valence-electron chi connectivity index (χ3n) is 3.92. The van der Waals surface area contributed by atoms with Crippen molar-refractivity contribution in [3.63, 3.8) is 0 Å². The number of aromatic hydroxyl groups is 1. The predicted octanol–water partition coefficient (Wildman–Crippen LogP) is 0.842. The lowest BCUT2D eigenvalue weighted by Gasteiger charge is -2.23. The van der Waals surface area contributed by atoms with Crippen molar-refractivity contribution in [1.82, 2.24) is 10.6 Å². The summed E-state index contributed by atoms with van der Waals surface area (Å²) in [6.07, 6.45) is 0.373. The number of nitrogens with one attached hydrogen (secondary N) is 3. The number of sulfone groups is 1. The predicted molar refractivity (Wildman–Crippen MR) is 94.1 cm³/mol. The number of benzene rings is 1. The first-order chi connectivity index (χ1) is 11.7. The van der Waals surface area contributed by atoms with Crippen LogP contribution in [0.4, 0.5) is 10.5 Å². The summed E-state index contributed by atoms with van der Waals surface area (Å²) in [5.41, 5.74) is 0.416. The van der Waals surface area contributed by atoms with Gasteiger partial charge in [-0.05, 0) is 24.5 Å². The molecule has 9 heteroatoms. The second-order valence-corrected chi connectivity index (χ2v) is 8.71. The molecule has 138 valence electrons. The van der Waals surface area contributed by atoms with Crippen LogP contribution >= 0.6 is 0 Å². The van der Waals surface area contributed by atoms with Crippen molar-refractivity contribution < 1.29 is 23.1 Å². The molecule has 2 atom stereocenters. The first-order valence-corrected chi connectivity index (χ1v) is 9.86. The highest BCUT2D eigenvalue weighted by atomic mass is 32.2. The van der Waals surface area contributed by atoms with E-state index in [9.17, 15) is 23.1 Å². The van der Waals surface area contributed by atoms with Gasteiger partial charge in [0.15, 0.2) is 9.84 Å². The minimum atomic E-state index is -3.09.